The van der Waals surface area contributed by atoms with Crippen LogP contribution in [0.4, 0.5) is 0 Å². The molecule has 0 fully saturated rings. The first kappa shape index (κ1) is 21.1. The lowest BCUT2D eigenvalue weighted by atomic mass is 9.98. The molecule has 3 aromatic rings. The number of rotatable bonds is 8. The van der Waals surface area contributed by atoms with E-state index < -0.39 is 6.04 Å². The second kappa shape index (κ2) is 8.94. The summed E-state index contributed by atoms with van der Waals surface area (Å²) in [5.74, 6) is 0.987. The lowest BCUT2D eigenvalue weighted by Crippen LogP contribution is -2.31. The number of nitrogens with zero attached hydrogens (tertiary/aromatic N) is 1. The first-order valence-corrected chi connectivity index (χ1v) is 10.7. The average molecular weight is 421 g/mol. The number of aliphatic hydroxyl groups is 1. The van der Waals surface area contributed by atoms with Crippen molar-refractivity contribution < 1.29 is 19.1 Å². The molecule has 6 nitrogen and oxygen atoms in total. The summed E-state index contributed by atoms with van der Waals surface area (Å²) in [5, 5.41) is 9.79. The molecule has 1 aliphatic heterocycles. The van der Waals surface area contributed by atoms with Crippen molar-refractivity contribution >= 4 is 16.9 Å². The van der Waals surface area contributed by atoms with Gasteiger partial charge in [-0.15, -0.1) is 0 Å². The molecule has 2 aromatic carbocycles. The molecule has 6 heteroatoms. The van der Waals surface area contributed by atoms with Crippen LogP contribution in [-0.2, 0) is 0 Å². The summed E-state index contributed by atoms with van der Waals surface area (Å²) in [6, 6.07) is 13.9. The van der Waals surface area contributed by atoms with Crippen molar-refractivity contribution in [3.8, 4) is 5.75 Å². The molecule has 0 saturated heterocycles. The van der Waals surface area contributed by atoms with Gasteiger partial charge in [0.1, 0.15) is 11.3 Å². The van der Waals surface area contributed by atoms with E-state index in [0.717, 1.165) is 12.0 Å². The van der Waals surface area contributed by atoms with Gasteiger partial charge in [0.25, 0.3) is 5.91 Å². The number of hydrogen-bond acceptors (Lipinski definition) is 5. The minimum absolute atomic E-state index is 0.0471. The zero-order valence-corrected chi connectivity index (χ0v) is 17.8. The number of fused-ring (bicyclic) bond motifs is 2. The number of para-hydroxylation sites is 1. The number of hydrogen-bond donors (Lipinski definition) is 1. The van der Waals surface area contributed by atoms with Crippen LogP contribution in [0.25, 0.3) is 11.0 Å². The summed E-state index contributed by atoms with van der Waals surface area (Å²) < 4.78 is 11.8. The van der Waals surface area contributed by atoms with Crippen molar-refractivity contribution in [2.24, 2.45) is 5.92 Å². The van der Waals surface area contributed by atoms with Gasteiger partial charge in [-0.25, -0.2) is 0 Å². The molecule has 1 amide bonds. The highest BCUT2D eigenvalue weighted by atomic mass is 16.5. The molecular formula is C25H27NO5. The van der Waals surface area contributed by atoms with E-state index in [4.69, 9.17) is 9.15 Å². The van der Waals surface area contributed by atoms with Crippen molar-refractivity contribution in [3.05, 3.63) is 75.6 Å². The second-order valence-corrected chi connectivity index (χ2v) is 8.25. The summed E-state index contributed by atoms with van der Waals surface area (Å²) >= 11 is 0. The number of carbonyl (C=O) groups excluding carboxylic acids is 1. The minimum Gasteiger partial charge on any atom is -0.494 e. The molecule has 0 radical (unpaired) electrons. The Labute approximate surface area is 181 Å². The molecule has 1 aliphatic rings. The van der Waals surface area contributed by atoms with Crippen molar-refractivity contribution in [2.45, 2.75) is 32.7 Å². The lowest BCUT2D eigenvalue weighted by molar-refractivity contribution is 0.0716. The van der Waals surface area contributed by atoms with Crippen LogP contribution in [0.3, 0.4) is 0 Å². The van der Waals surface area contributed by atoms with Gasteiger partial charge in [0, 0.05) is 13.2 Å². The van der Waals surface area contributed by atoms with E-state index >= 15 is 0 Å². The van der Waals surface area contributed by atoms with Crippen molar-refractivity contribution in [1.29, 1.82) is 0 Å². The second-order valence-electron chi connectivity index (χ2n) is 8.25. The van der Waals surface area contributed by atoms with Crippen molar-refractivity contribution in [1.82, 2.24) is 4.90 Å². The van der Waals surface area contributed by atoms with E-state index in [1.807, 2.05) is 24.3 Å². The van der Waals surface area contributed by atoms with Crippen LogP contribution in [0, 0.1) is 5.92 Å². The molecule has 1 unspecified atom stereocenters. The third-order valence-electron chi connectivity index (χ3n) is 5.57. The fourth-order valence-electron chi connectivity index (χ4n) is 3.97. The molecule has 2 heterocycles. The first-order chi connectivity index (χ1) is 15.0. The summed E-state index contributed by atoms with van der Waals surface area (Å²) in [6.45, 7) is 5.16. The molecule has 0 aliphatic carbocycles. The molecule has 162 valence electrons. The maximum Gasteiger partial charge on any atom is 0.290 e. The lowest BCUT2D eigenvalue weighted by Gasteiger charge is -2.25. The zero-order chi connectivity index (χ0) is 22.0. The van der Waals surface area contributed by atoms with Gasteiger partial charge in [0.15, 0.2) is 5.43 Å². The summed E-state index contributed by atoms with van der Waals surface area (Å²) in [5.41, 5.74) is 1.33. The van der Waals surface area contributed by atoms with Gasteiger partial charge >= 0.3 is 0 Å². The SMILES string of the molecule is CC(C)CCOc1cccc(C2c3c(oc4ccccc4c3=O)C(=O)N2CCCO)c1. The monoisotopic (exact) mass is 421 g/mol. The molecular weight excluding hydrogens is 394 g/mol. The average Bonchev–Trinajstić information content (AvgIpc) is 3.04. The Morgan fingerprint density at radius 1 is 1.13 bits per heavy atom. The standard InChI is InChI=1S/C25H27NO5/c1-16(2)11-14-30-18-8-5-7-17(15-18)22-21-23(28)19-9-3-4-10-20(19)31-24(21)25(29)26(22)12-6-13-27/h3-5,7-10,15-16,22,27H,6,11-14H2,1-2H3. The zero-order valence-electron chi connectivity index (χ0n) is 17.8. The summed E-state index contributed by atoms with van der Waals surface area (Å²) in [4.78, 5) is 28.2. The fourth-order valence-corrected chi connectivity index (χ4v) is 3.97. The van der Waals surface area contributed by atoms with E-state index in [9.17, 15) is 14.7 Å². The van der Waals surface area contributed by atoms with Crippen LogP contribution in [0.15, 0.2) is 57.7 Å². The fraction of sp³-hybridized carbons (Fsp3) is 0.360. The highest BCUT2D eigenvalue weighted by molar-refractivity contribution is 5.99. The number of amides is 1. The Morgan fingerprint density at radius 2 is 1.94 bits per heavy atom. The largest absolute Gasteiger partial charge is 0.494 e. The molecule has 1 aromatic heterocycles. The van der Waals surface area contributed by atoms with E-state index in [1.54, 1.807) is 29.2 Å². The highest BCUT2D eigenvalue weighted by Gasteiger charge is 2.42. The Balaban J connectivity index is 1.79. The Bertz CT molecular complexity index is 1150. The van der Waals surface area contributed by atoms with Gasteiger partial charge in [0.2, 0.25) is 5.76 Å². The van der Waals surface area contributed by atoms with Crippen LogP contribution in [0.5, 0.6) is 5.75 Å². The Morgan fingerprint density at radius 3 is 2.71 bits per heavy atom. The maximum absolute atomic E-state index is 13.4. The van der Waals surface area contributed by atoms with Crippen LogP contribution in [-0.4, -0.2) is 35.7 Å². The van der Waals surface area contributed by atoms with Gasteiger partial charge < -0.3 is 19.2 Å². The number of aliphatic hydroxyl groups excluding tert-OH is 1. The minimum atomic E-state index is -0.580. The van der Waals surface area contributed by atoms with Gasteiger partial charge in [0.05, 0.1) is 23.6 Å². The maximum atomic E-state index is 13.4. The summed E-state index contributed by atoms with van der Waals surface area (Å²) in [6.07, 6.45) is 1.35. The molecule has 4 rings (SSSR count). The van der Waals surface area contributed by atoms with E-state index in [-0.39, 0.29) is 23.7 Å². The van der Waals surface area contributed by atoms with Gasteiger partial charge in [-0.2, -0.15) is 0 Å². The van der Waals surface area contributed by atoms with Crippen LogP contribution < -0.4 is 10.2 Å². The normalized spacial score (nSPS) is 15.7. The van der Waals surface area contributed by atoms with Gasteiger partial charge in [-0.05, 0) is 48.6 Å². The smallest absolute Gasteiger partial charge is 0.290 e. The topological polar surface area (TPSA) is 80.0 Å². The molecule has 1 N–H and O–H groups in total. The molecule has 31 heavy (non-hydrogen) atoms. The van der Waals surface area contributed by atoms with Crippen molar-refractivity contribution in [3.63, 3.8) is 0 Å². The molecule has 0 bridgehead atoms. The Kier molecular flexibility index (Phi) is 6.09. The third kappa shape index (κ3) is 4.08. The third-order valence-corrected chi connectivity index (χ3v) is 5.57. The first-order valence-electron chi connectivity index (χ1n) is 10.7. The van der Waals surface area contributed by atoms with Crippen LogP contribution >= 0.6 is 0 Å². The molecule has 1 atom stereocenters. The van der Waals surface area contributed by atoms with Gasteiger partial charge in [-0.1, -0.05) is 38.1 Å². The number of benzene rings is 2. The van der Waals surface area contributed by atoms with Crippen LogP contribution in [0.2, 0.25) is 0 Å². The molecule has 0 spiro atoms. The predicted octanol–water partition coefficient (Wildman–Crippen LogP) is 4.15. The van der Waals surface area contributed by atoms with Crippen LogP contribution in [0.1, 0.15) is 54.4 Å². The molecule has 0 saturated carbocycles. The predicted molar refractivity (Wildman–Crippen MR) is 118 cm³/mol. The number of carbonyl (C=O) groups is 1. The quantitative estimate of drug-likeness (QED) is 0.591. The van der Waals surface area contributed by atoms with E-state index in [2.05, 4.69) is 13.8 Å². The van der Waals surface area contributed by atoms with E-state index in [0.29, 0.717) is 47.8 Å². The summed E-state index contributed by atoms with van der Waals surface area (Å²) in [7, 11) is 0. The van der Waals surface area contributed by atoms with Crippen molar-refractivity contribution in [2.75, 3.05) is 19.8 Å². The Hall–Kier alpha value is -3.12. The number of ether oxygens (including phenoxy) is 1. The van der Waals surface area contributed by atoms with E-state index in [1.165, 1.54) is 0 Å². The van der Waals surface area contributed by atoms with Gasteiger partial charge in [-0.3, -0.25) is 9.59 Å². The highest BCUT2D eigenvalue weighted by Crippen LogP contribution is 2.39.